The minimum absolute atomic E-state index is 0.379. The second kappa shape index (κ2) is 4.24. The number of rotatable bonds is 2. The predicted molar refractivity (Wildman–Crippen MR) is 65.4 cm³/mol. The van der Waals surface area contributed by atoms with Gasteiger partial charge in [0.1, 0.15) is 4.75 Å². The second-order valence-electron chi connectivity index (χ2n) is 5.57. The summed E-state index contributed by atoms with van der Waals surface area (Å²) in [7, 11) is -3.43. The van der Waals surface area contributed by atoms with Crippen LogP contribution in [0.5, 0.6) is 0 Å². The Hall–Kier alpha value is -0.620. The summed E-state index contributed by atoms with van der Waals surface area (Å²) in [5.74, 6) is -0.379. The molecule has 1 aliphatic heterocycles. The van der Waals surface area contributed by atoms with Crippen LogP contribution in [-0.2, 0) is 14.6 Å². The van der Waals surface area contributed by atoms with Crippen molar-refractivity contribution < 1.29 is 18.3 Å². The molecule has 5 nitrogen and oxygen atoms in total. The van der Waals surface area contributed by atoms with Crippen molar-refractivity contribution in [2.24, 2.45) is 0 Å². The average Bonchev–Trinajstić information content (AvgIpc) is 2.15. The molecule has 0 unspecified atom stereocenters. The van der Waals surface area contributed by atoms with Gasteiger partial charge in [-0.25, -0.2) is 8.42 Å². The maximum Gasteiger partial charge on any atom is 0.243 e. The molecule has 17 heavy (non-hydrogen) atoms. The Morgan fingerprint density at radius 1 is 1.29 bits per heavy atom. The van der Waals surface area contributed by atoms with Gasteiger partial charge in [0.05, 0.1) is 5.60 Å². The largest absolute Gasteiger partial charge is 0.390 e. The molecule has 1 amide bonds. The number of sulfone groups is 1. The number of likely N-dealkylation sites (tertiary alicyclic amines) is 1. The second-order valence-corrected chi connectivity index (χ2v) is 8.14. The van der Waals surface area contributed by atoms with E-state index >= 15 is 0 Å². The maximum absolute atomic E-state index is 12.1. The molecule has 1 aliphatic rings. The molecule has 0 aromatic heterocycles. The Labute approximate surface area is 103 Å². The molecule has 1 saturated heterocycles. The summed E-state index contributed by atoms with van der Waals surface area (Å²) >= 11 is 0. The Balaban J connectivity index is 2.80. The monoisotopic (exact) mass is 263 g/mol. The van der Waals surface area contributed by atoms with E-state index in [1.807, 2.05) is 0 Å². The average molecular weight is 263 g/mol. The van der Waals surface area contributed by atoms with E-state index < -0.39 is 20.2 Å². The summed E-state index contributed by atoms with van der Waals surface area (Å²) in [5.41, 5.74) is -0.744. The topological polar surface area (TPSA) is 74.7 Å². The lowest BCUT2D eigenvalue weighted by Gasteiger charge is -2.38. The zero-order chi connectivity index (χ0) is 13.5. The number of nitrogens with zero attached hydrogens (tertiary/aromatic N) is 1. The van der Waals surface area contributed by atoms with Gasteiger partial charge in [-0.15, -0.1) is 0 Å². The molecule has 1 heterocycles. The number of piperidine rings is 1. The van der Waals surface area contributed by atoms with Crippen LogP contribution in [0.3, 0.4) is 0 Å². The summed E-state index contributed by atoms with van der Waals surface area (Å²) < 4.78 is 21.7. The first-order chi connectivity index (χ1) is 7.47. The molecule has 0 aliphatic carbocycles. The van der Waals surface area contributed by atoms with Crippen molar-refractivity contribution >= 4 is 15.7 Å². The van der Waals surface area contributed by atoms with Crippen molar-refractivity contribution in [3.05, 3.63) is 0 Å². The molecule has 0 atom stereocenters. The molecule has 0 radical (unpaired) electrons. The molecule has 1 rings (SSSR count). The van der Waals surface area contributed by atoms with E-state index in [4.69, 9.17) is 0 Å². The predicted octanol–water partition coefficient (Wildman–Crippen LogP) is 0.183. The van der Waals surface area contributed by atoms with E-state index in [1.54, 1.807) is 6.92 Å². The van der Waals surface area contributed by atoms with Crippen LogP contribution in [0, 0.1) is 0 Å². The van der Waals surface area contributed by atoms with E-state index in [2.05, 4.69) is 0 Å². The fraction of sp³-hybridized carbons (Fsp3) is 0.909. The van der Waals surface area contributed by atoms with Crippen molar-refractivity contribution in [2.45, 2.75) is 44.0 Å². The molecular formula is C11H21NO4S. The van der Waals surface area contributed by atoms with Crippen LogP contribution in [0.25, 0.3) is 0 Å². The first kappa shape index (κ1) is 14.4. The Morgan fingerprint density at radius 3 is 2.06 bits per heavy atom. The molecule has 0 spiro atoms. The molecule has 6 heteroatoms. The van der Waals surface area contributed by atoms with Crippen LogP contribution >= 0.6 is 0 Å². The number of aliphatic hydroxyl groups is 1. The smallest absolute Gasteiger partial charge is 0.243 e. The van der Waals surface area contributed by atoms with E-state index in [-0.39, 0.29) is 5.91 Å². The first-order valence-corrected chi connectivity index (χ1v) is 7.58. The highest BCUT2D eigenvalue weighted by molar-refractivity contribution is 7.92. The van der Waals surface area contributed by atoms with Crippen molar-refractivity contribution in [3.8, 4) is 0 Å². The van der Waals surface area contributed by atoms with Crippen molar-refractivity contribution in [3.63, 3.8) is 0 Å². The van der Waals surface area contributed by atoms with Gasteiger partial charge >= 0.3 is 0 Å². The first-order valence-electron chi connectivity index (χ1n) is 5.69. The van der Waals surface area contributed by atoms with Gasteiger partial charge < -0.3 is 10.0 Å². The van der Waals surface area contributed by atoms with Crippen LogP contribution < -0.4 is 0 Å². The van der Waals surface area contributed by atoms with Crippen LogP contribution in [0.15, 0.2) is 0 Å². The number of hydrogen-bond acceptors (Lipinski definition) is 4. The lowest BCUT2D eigenvalue weighted by Crippen LogP contribution is -2.54. The third-order valence-electron chi connectivity index (χ3n) is 3.57. The molecule has 1 N–H and O–H groups in total. The maximum atomic E-state index is 12.1. The van der Waals surface area contributed by atoms with Crippen molar-refractivity contribution in [1.29, 1.82) is 0 Å². The fourth-order valence-electron chi connectivity index (χ4n) is 1.73. The van der Waals surface area contributed by atoms with Crippen molar-refractivity contribution in [1.82, 2.24) is 4.90 Å². The third kappa shape index (κ3) is 2.98. The van der Waals surface area contributed by atoms with Gasteiger partial charge in [-0.3, -0.25) is 4.79 Å². The van der Waals surface area contributed by atoms with E-state index in [9.17, 15) is 18.3 Å². The molecule has 0 aromatic carbocycles. The SMILES string of the molecule is CC1(O)CCN(C(=O)C(C)(C)S(C)(=O)=O)CC1. The Morgan fingerprint density at radius 2 is 1.71 bits per heavy atom. The number of hydrogen-bond donors (Lipinski definition) is 1. The van der Waals surface area contributed by atoms with Crippen molar-refractivity contribution in [2.75, 3.05) is 19.3 Å². The number of carbonyl (C=O) groups is 1. The Kier molecular flexibility index (Phi) is 3.60. The highest BCUT2D eigenvalue weighted by Crippen LogP contribution is 2.25. The van der Waals surface area contributed by atoms with E-state index in [0.717, 1.165) is 6.26 Å². The van der Waals surface area contributed by atoms with E-state index in [1.165, 1.54) is 18.7 Å². The minimum atomic E-state index is -3.43. The van der Waals surface area contributed by atoms with Crippen LogP contribution in [-0.4, -0.2) is 54.0 Å². The quantitative estimate of drug-likeness (QED) is 0.771. The number of amides is 1. The van der Waals surface area contributed by atoms with Crippen LogP contribution in [0.4, 0.5) is 0 Å². The molecule has 1 fully saturated rings. The van der Waals surface area contributed by atoms with Gasteiger partial charge in [0.2, 0.25) is 5.91 Å². The van der Waals surface area contributed by atoms with Gasteiger partial charge in [0.25, 0.3) is 0 Å². The van der Waals surface area contributed by atoms with Gasteiger partial charge in [-0.2, -0.15) is 0 Å². The van der Waals surface area contributed by atoms with Gasteiger partial charge in [-0.1, -0.05) is 0 Å². The summed E-state index contributed by atoms with van der Waals surface area (Å²) in [6, 6.07) is 0. The molecule has 100 valence electrons. The number of carbonyl (C=O) groups excluding carboxylic acids is 1. The highest BCUT2D eigenvalue weighted by Gasteiger charge is 2.43. The zero-order valence-corrected chi connectivity index (χ0v) is 11.7. The summed E-state index contributed by atoms with van der Waals surface area (Å²) in [4.78, 5) is 13.7. The zero-order valence-electron chi connectivity index (χ0n) is 10.9. The van der Waals surface area contributed by atoms with Gasteiger partial charge in [0.15, 0.2) is 9.84 Å². The molecule has 0 aromatic rings. The minimum Gasteiger partial charge on any atom is -0.390 e. The molecule has 0 bridgehead atoms. The lowest BCUT2D eigenvalue weighted by molar-refractivity contribution is -0.136. The highest BCUT2D eigenvalue weighted by atomic mass is 32.2. The van der Waals surface area contributed by atoms with Gasteiger partial charge in [-0.05, 0) is 33.6 Å². The van der Waals surface area contributed by atoms with E-state index in [0.29, 0.717) is 25.9 Å². The van der Waals surface area contributed by atoms with Crippen LogP contribution in [0.2, 0.25) is 0 Å². The fourth-order valence-corrected chi connectivity index (χ4v) is 2.18. The molecule has 0 saturated carbocycles. The summed E-state index contributed by atoms with van der Waals surface area (Å²) in [6.45, 7) is 5.40. The lowest BCUT2D eigenvalue weighted by atomic mass is 9.93. The Bertz CT molecular complexity index is 401. The van der Waals surface area contributed by atoms with Crippen LogP contribution in [0.1, 0.15) is 33.6 Å². The summed E-state index contributed by atoms with van der Waals surface area (Å²) in [6.07, 6.45) is 2.04. The van der Waals surface area contributed by atoms with Gasteiger partial charge in [0, 0.05) is 19.3 Å². The summed E-state index contributed by atoms with van der Waals surface area (Å²) in [5, 5.41) is 9.78. The normalized spacial score (nSPS) is 21.4. The third-order valence-corrected chi connectivity index (χ3v) is 5.60. The molecular weight excluding hydrogens is 242 g/mol. The standard InChI is InChI=1S/C11H21NO4S/c1-10(2,17(4,15)16)9(13)12-7-5-11(3,14)6-8-12/h14H,5-8H2,1-4H3.